The zero-order chi connectivity index (χ0) is 22.7. The minimum absolute atomic E-state index is 0.0339. The van der Waals surface area contributed by atoms with Gasteiger partial charge in [0.25, 0.3) is 15.9 Å². The molecule has 2 amide bonds. The number of hydrogen-bond acceptors (Lipinski definition) is 4. The molecule has 0 aliphatic carbocycles. The van der Waals surface area contributed by atoms with Crippen LogP contribution in [0.5, 0.6) is 0 Å². The van der Waals surface area contributed by atoms with Gasteiger partial charge in [-0.25, -0.2) is 8.42 Å². The lowest BCUT2D eigenvalue weighted by molar-refractivity contribution is -0.117. The number of hydrogen-bond donors (Lipinski definition) is 2. The number of carbonyl (C=O) groups is 2. The van der Waals surface area contributed by atoms with Crippen molar-refractivity contribution in [3.63, 3.8) is 0 Å². The third kappa shape index (κ3) is 4.76. The average molecular weight is 470 g/mol. The lowest BCUT2D eigenvalue weighted by Crippen LogP contribution is -2.24. The second-order valence-corrected chi connectivity index (χ2v) is 9.35. The molecule has 0 aromatic heterocycles. The summed E-state index contributed by atoms with van der Waals surface area (Å²) in [6.45, 7) is 0.630. The van der Waals surface area contributed by atoms with Crippen molar-refractivity contribution in [2.24, 2.45) is 0 Å². The van der Waals surface area contributed by atoms with E-state index in [-0.39, 0.29) is 16.7 Å². The number of benzene rings is 3. The van der Waals surface area contributed by atoms with Gasteiger partial charge in [0, 0.05) is 29.9 Å². The Morgan fingerprint density at radius 3 is 2.25 bits per heavy atom. The van der Waals surface area contributed by atoms with E-state index in [9.17, 15) is 18.0 Å². The van der Waals surface area contributed by atoms with Gasteiger partial charge >= 0.3 is 0 Å². The maximum absolute atomic E-state index is 12.6. The summed E-state index contributed by atoms with van der Waals surface area (Å²) < 4.78 is 27.3. The van der Waals surface area contributed by atoms with Gasteiger partial charge in [-0.3, -0.25) is 14.3 Å². The highest BCUT2D eigenvalue weighted by Gasteiger charge is 2.23. The van der Waals surface area contributed by atoms with E-state index >= 15 is 0 Å². The third-order valence-electron chi connectivity index (χ3n) is 5.02. The molecule has 0 radical (unpaired) electrons. The molecule has 0 saturated carbocycles. The first-order chi connectivity index (χ1) is 15.3. The Hall–Kier alpha value is -3.36. The minimum atomic E-state index is -3.71. The molecular formula is C23H20ClN3O4S. The summed E-state index contributed by atoms with van der Waals surface area (Å²) in [5, 5.41) is 3.13. The molecule has 1 aliphatic rings. The maximum atomic E-state index is 12.6. The Morgan fingerprint density at radius 1 is 0.938 bits per heavy atom. The molecule has 3 aromatic rings. The highest BCUT2D eigenvalue weighted by atomic mass is 35.5. The van der Waals surface area contributed by atoms with Crippen molar-refractivity contribution in [3.05, 3.63) is 83.4 Å². The molecule has 32 heavy (non-hydrogen) atoms. The maximum Gasteiger partial charge on any atom is 0.261 e. The van der Waals surface area contributed by atoms with E-state index in [2.05, 4.69) is 10.0 Å². The van der Waals surface area contributed by atoms with Gasteiger partial charge in [0.15, 0.2) is 0 Å². The monoisotopic (exact) mass is 469 g/mol. The molecule has 0 unspecified atom stereocenters. The van der Waals surface area contributed by atoms with Crippen molar-refractivity contribution in [2.75, 3.05) is 21.5 Å². The van der Waals surface area contributed by atoms with Crippen LogP contribution in [0.15, 0.2) is 77.7 Å². The highest BCUT2D eigenvalue weighted by molar-refractivity contribution is 7.92. The fourth-order valence-corrected chi connectivity index (χ4v) is 4.78. The normalized spacial score (nSPS) is 13.8. The topological polar surface area (TPSA) is 95.6 Å². The number of sulfonamides is 1. The van der Waals surface area contributed by atoms with Crippen LogP contribution in [-0.4, -0.2) is 26.8 Å². The first-order valence-electron chi connectivity index (χ1n) is 9.93. The van der Waals surface area contributed by atoms with Gasteiger partial charge < -0.3 is 10.2 Å². The van der Waals surface area contributed by atoms with Crippen molar-refractivity contribution in [1.29, 1.82) is 0 Å². The molecular weight excluding hydrogens is 450 g/mol. The van der Waals surface area contributed by atoms with Crippen LogP contribution in [0.4, 0.5) is 17.1 Å². The van der Waals surface area contributed by atoms with Gasteiger partial charge in [-0.05, 0) is 61.0 Å². The second kappa shape index (κ2) is 9.02. The molecule has 1 saturated heterocycles. The summed E-state index contributed by atoms with van der Waals surface area (Å²) in [6.07, 6.45) is 1.30. The molecule has 3 aromatic carbocycles. The van der Waals surface area contributed by atoms with Crippen LogP contribution >= 0.6 is 11.6 Å². The highest BCUT2D eigenvalue weighted by Crippen LogP contribution is 2.32. The molecule has 0 spiro atoms. The smallest absolute Gasteiger partial charge is 0.261 e. The number of nitrogens with zero attached hydrogens (tertiary/aromatic N) is 1. The molecule has 0 atom stereocenters. The molecule has 164 valence electrons. The number of halogens is 1. The summed E-state index contributed by atoms with van der Waals surface area (Å²) >= 11 is 6.33. The molecule has 4 rings (SSSR count). The van der Waals surface area contributed by atoms with E-state index in [0.29, 0.717) is 40.6 Å². The number of nitrogens with one attached hydrogen (secondary N) is 2. The number of carbonyl (C=O) groups excluding carboxylic acids is 2. The summed E-state index contributed by atoms with van der Waals surface area (Å²) in [5.41, 5.74) is 1.81. The van der Waals surface area contributed by atoms with Crippen LogP contribution in [0.3, 0.4) is 0 Å². The van der Waals surface area contributed by atoms with Crippen molar-refractivity contribution >= 4 is 50.5 Å². The third-order valence-corrected chi connectivity index (χ3v) is 6.72. The zero-order valence-electron chi connectivity index (χ0n) is 16.9. The van der Waals surface area contributed by atoms with Gasteiger partial charge in [-0.15, -0.1) is 0 Å². The molecule has 7 nitrogen and oxygen atoms in total. The standard InChI is InChI=1S/C23H20ClN3O4S/c24-20-15-18(12-13-21(20)27-14-4-7-22(27)28)25-23(29)16-8-10-17(11-9-16)26-32(30,31)19-5-2-1-3-6-19/h1-3,5-6,8-13,15,26H,4,7,14H2,(H,25,29). The van der Waals surface area contributed by atoms with E-state index in [4.69, 9.17) is 11.6 Å². The van der Waals surface area contributed by atoms with Gasteiger partial charge in [0.05, 0.1) is 15.6 Å². The fraction of sp³-hybridized carbons (Fsp3) is 0.130. The average Bonchev–Trinajstić information content (AvgIpc) is 3.20. The van der Waals surface area contributed by atoms with Crippen molar-refractivity contribution in [1.82, 2.24) is 0 Å². The summed E-state index contributed by atoms with van der Waals surface area (Å²) in [4.78, 5) is 26.3. The Labute approximate surface area is 191 Å². The number of rotatable bonds is 6. The first-order valence-corrected chi connectivity index (χ1v) is 11.8. The fourth-order valence-electron chi connectivity index (χ4n) is 3.41. The summed E-state index contributed by atoms with van der Waals surface area (Å²) in [6, 6.07) is 19.1. The number of amides is 2. The lowest BCUT2D eigenvalue weighted by Gasteiger charge is -2.18. The van der Waals surface area contributed by atoms with Crippen LogP contribution in [0, 0.1) is 0 Å². The van der Waals surface area contributed by atoms with Crippen LogP contribution < -0.4 is 14.9 Å². The van der Waals surface area contributed by atoms with Gasteiger partial charge in [-0.2, -0.15) is 0 Å². The molecule has 1 aliphatic heterocycles. The van der Waals surface area contributed by atoms with Crippen molar-refractivity contribution in [2.45, 2.75) is 17.7 Å². The van der Waals surface area contributed by atoms with E-state index in [1.807, 2.05) is 0 Å². The Morgan fingerprint density at radius 2 is 1.62 bits per heavy atom. The quantitative estimate of drug-likeness (QED) is 0.554. The predicted octanol–water partition coefficient (Wildman–Crippen LogP) is 4.52. The molecule has 1 fully saturated rings. The van der Waals surface area contributed by atoms with Crippen LogP contribution in [0.1, 0.15) is 23.2 Å². The van der Waals surface area contributed by atoms with E-state index in [0.717, 1.165) is 6.42 Å². The van der Waals surface area contributed by atoms with E-state index in [1.54, 1.807) is 41.3 Å². The molecule has 9 heteroatoms. The Kier molecular flexibility index (Phi) is 6.16. The van der Waals surface area contributed by atoms with E-state index in [1.165, 1.54) is 36.4 Å². The molecule has 2 N–H and O–H groups in total. The van der Waals surface area contributed by atoms with Crippen molar-refractivity contribution in [3.8, 4) is 0 Å². The van der Waals surface area contributed by atoms with Crippen LogP contribution in [0.2, 0.25) is 5.02 Å². The molecule has 0 bridgehead atoms. The lowest BCUT2D eigenvalue weighted by atomic mass is 10.2. The SMILES string of the molecule is O=C(Nc1ccc(N2CCCC2=O)c(Cl)c1)c1ccc(NS(=O)(=O)c2ccccc2)cc1. The van der Waals surface area contributed by atoms with Gasteiger partial charge in [0.2, 0.25) is 5.91 Å². The first kappa shape index (κ1) is 21.9. The minimum Gasteiger partial charge on any atom is -0.322 e. The van der Waals surface area contributed by atoms with Crippen LogP contribution in [-0.2, 0) is 14.8 Å². The van der Waals surface area contributed by atoms with Crippen molar-refractivity contribution < 1.29 is 18.0 Å². The van der Waals surface area contributed by atoms with Gasteiger partial charge in [0.1, 0.15) is 0 Å². The second-order valence-electron chi connectivity index (χ2n) is 7.27. The van der Waals surface area contributed by atoms with E-state index < -0.39 is 10.0 Å². The predicted molar refractivity (Wildman–Crippen MR) is 125 cm³/mol. The van der Waals surface area contributed by atoms with Gasteiger partial charge in [-0.1, -0.05) is 29.8 Å². The summed E-state index contributed by atoms with van der Waals surface area (Å²) in [7, 11) is -3.71. The molecule has 1 heterocycles. The largest absolute Gasteiger partial charge is 0.322 e. The Balaban J connectivity index is 1.43. The van der Waals surface area contributed by atoms with Crippen LogP contribution in [0.25, 0.3) is 0 Å². The number of anilines is 3. The Bertz CT molecular complexity index is 1260. The zero-order valence-corrected chi connectivity index (χ0v) is 18.5. The summed E-state index contributed by atoms with van der Waals surface area (Å²) in [5.74, 6) is -0.338.